The highest BCUT2D eigenvalue weighted by Crippen LogP contribution is 2.26. The molecule has 0 unspecified atom stereocenters. The Kier molecular flexibility index (Phi) is 5.00. The van der Waals surface area contributed by atoms with E-state index >= 15 is 0 Å². The van der Waals surface area contributed by atoms with E-state index in [1.165, 1.54) is 0 Å². The van der Waals surface area contributed by atoms with Crippen LogP contribution in [0.5, 0.6) is 0 Å². The molecule has 0 saturated heterocycles. The number of hydrogen-bond donors (Lipinski definition) is 2. The van der Waals surface area contributed by atoms with Gasteiger partial charge in [0.25, 0.3) is 5.91 Å². The molecule has 126 valence electrons. The standard InChI is InChI=1S/C20H18ClN3O/c1-13-6-3-4-8-18(13)24-20(25)15-10-16(12-22-11-15)23-19-9-5-7-17(21)14(19)2/h3-12,23H,1-2H3,(H,24,25). The van der Waals surface area contributed by atoms with Crippen molar-refractivity contribution >= 4 is 34.6 Å². The average molecular weight is 352 g/mol. The Balaban J connectivity index is 1.80. The van der Waals surface area contributed by atoms with Crippen LogP contribution in [0, 0.1) is 13.8 Å². The number of nitrogens with zero attached hydrogens (tertiary/aromatic N) is 1. The second kappa shape index (κ2) is 7.36. The molecule has 0 fully saturated rings. The number of carbonyl (C=O) groups excluding carboxylic acids is 1. The van der Waals surface area contributed by atoms with Gasteiger partial charge in [-0.3, -0.25) is 9.78 Å². The van der Waals surface area contributed by atoms with Crippen molar-refractivity contribution in [2.24, 2.45) is 0 Å². The van der Waals surface area contributed by atoms with E-state index in [9.17, 15) is 4.79 Å². The molecule has 2 N–H and O–H groups in total. The van der Waals surface area contributed by atoms with Crippen molar-refractivity contribution in [2.45, 2.75) is 13.8 Å². The van der Waals surface area contributed by atoms with Gasteiger partial charge in [0.15, 0.2) is 0 Å². The molecule has 0 bridgehead atoms. The largest absolute Gasteiger partial charge is 0.354 e. The van der Waals surface area contributed by atoms with Crippen molar-refractivity contribution in [3.63, 3.8) is 0 Å². The number of para-hydroxylation sites is 1. The normalized spacial score (nSPS) is 10.4. The van der Waals surface area contributed by atoms with Gasteiger partial charge >= 0.3 is 0 Å². The third kappa shape index (κ3) is 3.98. The average Bonchev–Trinajstić information content (AvgIpc) is 2.61. The van der Waals surface area contributed by atoms with E-state index in [1.54, 1.807) is 18.5 Å². The SMILES string of the molecule is Cc1ccccc1NC(=O)c1cncc(Nc2cccc(Cl)c2C)c1. The van der Waals surface area contributed by atoms with Crippen LogP contribution in [0.4, 0.5) is 17.1 Å². The van der Waals surface area contributed by atoms with Crippen LogP contribution in [0.2, 0.25) is 5.02 Å². The Labute approximate surface area is 151 Å². The summed E-state index contributed by atoms with van der Waals surface area (Å²) in [5.74, 6) is -0.201. The van der Waals surface area contributed by atoms with E-state index in [1.807, 2.05) is 56.3 Å². The first kappa shape index (κ1) is 17.0. The van der Waals surface area contributed by atoms with Crippen molar-refractivity contribution in [3.05, 3.63) is 82.6 Å². The quantitative estimate of drug-likeness (QED) is 0.666. The van der Waals surface area contributed by atoms with Crippen LogP contribution >= 0.6 is 11.6 Å². The van der Waals surface area contributed by atoms with E-state index in [0.717, 1.165) is 28.2 Å². The summed E-state index contributed by atoms with van der Waals surface area (Å²) < 4.78 is 0. The number of pyridine rings is 1. The molecule has 0 aliphatic carbocycles. The summed E-state index contributed by atoms with van der Waals surface area (Å²) >= 11 is 6.15. The fourth-order valence-corrected chi connectivity index (χ4v) is 2.61. The zero-order chi connectivity index (χ0) is 17.8. The topological polar surface area (TPSA) is 54.0 Å². The van der Waals surface area contributed by atoms with Gasteiger partial charge in [0.05, 0.1) is 17.4 Å². The number of nitrogens with one attached hydrogen (secondary N) is 2. The van der Waals surface area contributed by atoms with E-state index in [2.05, 4.69) is 15.6 Å². The van der Waals surface area contributed by atoms with Crippen molar-refractivity contribution in [1.29, 1.82) is 0 Å². The molecule has 3 aromatic rings. The van der Waals surface area contributed by atoms with E-state index < -0.39 is 0 Å². The lowest BCUT2D eigenvalue weighted by atomic mass is 10.1. The Morgan fingerprint density at radius 1 is 1.00 bits per heavy atom. The number of carbonyl (C=O) groups is 1. The monoisotopic (exact) mass is 351 g/mol. The minimum atomic E-state index is -0.201. The van der Waals surface area contributed by atoms with E-state index in [4.69, 9.17) is 11.6 Å². The predicted octanol–water partition coefficient (Wildman–Crippen LogP) is 5.35. The summed E-state index contributed by atoms with van der Waals surface area (Å²) in [7, 11) is 0. The molecule has 4 nitrogen and oxygen atoms in total. The lowest BCUT2D eigenvalue weighted by molar-refractivity contribution is 0.102. The molecule has 0 saturated carbocycles. The van der Waals surface area contributed by atoms with Crippen LogP contribution in [0.25, 0.3) is 0 Å². The highest BCUT2D eigenvalue weighted by molar-refractivity contribution is 6.31. The van der Waals surface area contributed by atoms with Gasteiger partial charge in [-0.2, -0.15) is 0 Å². The molecule has 0 radical (unpaired) electrons. The third-order valence-electron chi connectivity index (χ3n) is 3.94. The molecule has 0 spiro atoms. The van der Waals surface area contributed by atoms with Crippen LogP contribution in [0.3, 0.4) is 0 Å². The Morgan fingerprint density at radius 3 is 2.56 bits per heavy atom. The zero-order valence-electron chi connectivity index (χ0n) is 14.0. The van der Waals surface area contributed by atoms with Gasteiger partial charge in [-0.05, 0) is 49.2 Å². The van der Waals surface area contributed by atoms with Gasteiger partial charge in [-0.15, -0.1) is 0 Å². The maximum Gasteiger partial charge on any atom is 0.257 e. The van der Waals surface area contributed by atoms with Gasteiger partial charge in [0.1, 0.15) is 0 Å². The van der Waals surface area contributed by atoms with E-state index in [-0.39, 0.29) is 5.91 Å². The van der Waals surface area contributed by atoms with Crippen LogP contribution in [-0.4, -0.2) is 10.9 Å². The highest BCUT2D eigenvalue weighted by atomic mass is 35.5. The molecule has 1 amide bonds. The van der Waals surface area contributed by atoms with E-state index in [0.29, 0.717) is 10.6 Å². The molecule has 2 aromatic carbocycles. The summed E-state index contributed by atoms with van der Waals surface area (Å²) in [6.45, 7) is 3.89. The smallest absolute Gasteiger partial charge is 0.257 e. The number of halogens is 1. The number of hydrogen-bond acceptors (Lipinski definition) is 3. The molecule has 0 aliphatic heterocycles. The molecule has 3 rings (SSSR count). The summed E-state index contributed by atoms with van der Waals surface area (Å²) in [5, 5.41) is 6.85. The van der Waals surface area contributed by atoms with Crippen molar-refractivity contribution in [1.82, 2.24) is 4.98 Å². The summed E-state index contributed by atoms with van der Waals surface area (Å²) in [6.07, 6.45) is 3.22. The zero-order valence-corrected chi connectivity index (χ0v) is 14.8. The fraction of sp³-hybridized carbons (Fsp3) is 0.100. The molecule has 0 aliphatic rings. The number of benzene rings is 2. The minimum Gasteiger partial charge on any atom is -0.354 e. The Hall–Kier alpha value is -2.85. The summed E-state index contributed by atoms with van der Waals surface area (Å²) in [6, 6.07) is 15.1. The van der Waals surface area contributed by atoms with Crippen LogP contribution < -0.4 is 10.6 Å². The number of aromatic nitrogens is 1. The minimum absolute atomic E-state index is 0.201. The highest BCUT2D eigenvalue weighted by Gasteiger charge is 2.10. The molecule has 25 heavy (non-hydrogen) atoms. The third-order valence-corrected chi connectivity index (χ3v) is 4.35. The summed E-state index contributed by atoms with van der Waals surface area (Å²) in [5.41, 5.74) is 4.82. The number of anilines is 3. The Morgan fingerprint density at radius 2 is 1.76 bits per heavy atom. The van der Waals surface area contributed by atoms with Gasteiger partial charge < -0.3 is 10.6 Å². The first-order valence-corrected chi connectivity index (χ1v) is 8.26. The lowest BCUT2D eigenvalue weighted by Crippen LogP contribution is -2.13. The Bertz CT molecular complexity index is 924. The predicted molar refractivity (Wildman–Crippen MR) is 103 cm³/mol. The van der Waals surface area contributed by atoms with Crippen LogP contribution in [0.15, 0.2) is 60.9 Å². The van der Waals surface area contributed by atoms with Gasteiger partial charge in [0, 0.05) is 22.6 Å². The maximum atomic E-state index is 12.5. The second-order valence-corrected chi connectivity index (χ2v) is 6.18. The molecular formula is C20H18ClN3O. The number of amides is 1. The molecular weight excluding hydrogens is 334 g/mol. The maximum absolute atomic E-state index is 12.5. The van der Waals surface area contributed by atoms with Gasteiger partial charge in [-0.1, -0.05) is 35.9 Å². The molecule has 1 heterocycles. The molecule has 1 aromatic heterocycles. The van der Waals surface area contributed by atoms with Crippen molar-refractivity contribution < 1.29 is 4.79 Å². The molecule has 5 heteroatoms. The lowest BCUT2D eigenvalue weighted by Gasteiger charge is -2.12. The summed E-state index contributed by atoms with van der Waals surface area (Å²) in [4.78, 5) is 16.7. The fourth-order valence-electron chi connectivity index (χ4n) is 2.44. The number of rotatable bonds is 4. The van der Waals surface area contributed by atoms with Crippen molar-refractivity contribution in [2.75, 3.05) is 10.6 Å². The second-order valence-electron chi connectivity index (χ2n) is 5.77. The van der Waals surface area contributed by atoms with Crippen LogP contribution in [-0.2, 0) is 0 Å². The first-order valence-electron chi connectivity index (χ1n) is 7.89. The number of aryl methyl sites for hydroxylation is 1. The van der Waals surface area contributed by atoms with Gasteiger partial charge in [0.2, 0.25) is 0 Å². The first-order chi connectivity index (χ1) is 12.0. The van der Waals surface area contributed by atoms with Crippen LogP contribution in [0.1, 0.15) is 21.5 Å². The molecule has 0 atom stereocenters. The van der Waals surface area contributed by atoms with Crippen molar-refractivity contribution in [3.8, 4) is 0 Å². The van der Waals surface area contributed by atoms with Gasteiger partial charge in [-0.25, -0.2) is 0 Å².